The second kappa shape index (κ2) is 8.86. The Labute approximate surface area is 182 Å². The normalized spacial score (nSPS) is 20.8. The number of nitrogens with zero attached hydrogens (tertiary/aromatic N) is 2. The molecule has 5 heteroatoms. The minimum atomic E-state index is 0.0674. The van der Waals surface area contributed by atoms with Crippen molar-refractivity contribution in [2.75, 3.05) is 13.1 Å². The third-order valence-electron chi connectivity index (χ3n) is 6.46. The summed E-state index contributed by atoms with van der Waals surface area (Å²) >= 11 is 1.74. The van der Waals surface area contributed by atoms with Gasteiger partial charge in [-0.25, -0.2) is 0 Å². The van der Waals surface area contributed by atoms with Crippen molar-refractivity contribution in [3.63, 3.8) is 0 Å². The van der Waals surface area contributed by atoms with Crippen molar-refractivity contribution < 1.29 is 4.79 Å². The van der Waals surface area contributed by atoms with Crippen LogP contribution in [0.4, 0.5) is 0 Å². The molecule has 2 aromatic heterocycles. The van der Waals surface area contributed by atoms with E-state index in [4.69, 9.17) is 0 Å². The van der Waals surface area contributed by atoms with Crippen molar-refractivity contribution in [2.45, 2.75) is 39.7 Å². The van der Waals surface area contributed by atoms with E-state index in [2.05, 4.69) is 30.0 Å². The number of likely N-dealkylation sites (tertiary alicyclic amines) is 1. The van der Waals surface area contributed by atoms with Crippen LogP contribution in [-0.2, 0) is 18.4 Å². The molecule has 2 atom stereocenters. The van der Waals surface area contributed by atoms with E-state index in [0.717, 1.165) is 60.1 Å². The van der Waals surface area contributed by atoms with Crippen LogP contribution in [0, 0.1) is 11.8 Å². The Morgan fingerprint density at radius 1 is 1.17 bits per heavy atom. The van der Waals surface area contributed by atoms with Gasteiger partial charge in [-0.15, -0.1) is 11.3 Å². The largest absolute Gasteiger partial charge is 0.317 e. The van der Waals surface area contributed by atoms with Crippen LogP contribution in [0.5, 0.6) is 0 Å². The maximum absolute atomic E-state index is 12.8. The summed E-state index contributed by atoms with van der Waals surface area (Å²) in [6.45, 7) is 6.83. The Morgan fingerprint density at radius 3 is 2.67 bits per heavy atom. The number of Topliss-reactive ketones (excluding diaryl/α,β-unsaturated/α-hetero) is 1. The average Bonchev–Trinajstić information content (AvgIpc) is 3.14. The Hall–Kier alpha value is -2.24. The molecule has 1 saturated heterocycles. The highest BCUT2D eigenvalue weighted by Crippen LogP contribution is 2.34. The van der Waals surface area contributed by atoms with Crippen LogP contribution in [0.1, 0.15) is 38.0 Å². The van der Waals surface area contributed by atoms with Gasteiger partial charge >= 0.3 is 0 Å². The maximum atomic E-state index is 12.8. The van der Waals surface area contributed by atoms with Gasteiger partial charge in [0.15, 0.2) is 0 Å². The predicted molar refractivity (Wildman–Crippen MR) is 125 cm³/mol. The number of carbonyl (C=O) groups is 1. The number of fused-ring (bicyclic) bond motifs is 1. The summed E-state index contributed by atoms with van der Waals surface area (Å²) in [7, 11) is 1.83. The quantitative estimate of drug-likeness (QED) is 0.588. The van der Waals surface area contributed by atoms with Gasteiger partial charge in [0.25, 0.3) is 5.56 Å². The lowest BCUT2D eigenvalue weighted by Gasteiger charge is -2.30. The molecule has 0 bridgehead atoms. The minimum absolute atomic E-state index is 0.0674. The zero-order chi connectivity index (χ0) is 21.3. The number of benzene rings is 1. The summed E-state index contributed by atoms with van der Waals surface area (Å²) in [5.74, 6) is 0.988. The fourth-order valence-electron chi connectivity index (χ4n) is 4.70. The summed E-state index contributed by atoms with van der Waals surface area (Å²) in [6, 6.07) is 12.4. The molecule has 2 unspecified atom stereocenters. The van der Waals surface area contributed by atoms with Crippen molar-refractivity contribution in [1.29, 1.82) is 0 Å². The molecule has 1 fully saturated rings. The highest BCUT2D eigenvalue weighted by Gasteiger charge is 2.25. The summed E-state index contributed by atoms with van der Waals surface area (Å²) < 4.78 is 2.78. The number of rotatable bonds is 4. The van der Waals surface area contributed by atoms with Gasteiger partial charge in [0.1, 0.15) is 5.78 Å². The first-order valence-electron chi connectivity index (χ1n) is 10.8. The Morgan fingerprint density at radius 2 is 1.93 bits per heavy atom. The highest BCUT2D eigenvalue weighted by atomic mass is 32.1. The number of aromatic nitrogens is 1. The molecule has 1 aliphatic heterocycles. The molecule has 30 heavy (non-hydrogen) atoms. The molecular weight excluding hydrogens is 392 g/mol. The van der Waals surface area contributed by atoms with Crippen LogP contribution < -0.4 is 5.56 Å². The molecule has 0 spiro atoms. The molecule has 158 valence electrons. The zero-order valence-electron chi connectivity index (χ0n) is 18.1. The summed E-state index contributed by atoms with van der Waals surface area (Å²) in [6.07, 6.45) is 5.04. The SMILES string of the molecule is CC(=O)C1CCCN(Cc2cc3c(=O)n(C)cc(-c4ccccc4)c3s2)CCC1C. The van der Waals surface area contributed by atoms with Gasteiger partial charge in [0.2, 0.25) is 0 Å². The molecule has 4 rings (SSSR count). The Balaban J connectivity index is 1.61. The third kappa shape index (κ3) is 4.28. The highest BCUT2D eigenvalue weighted by molar-refractivity contribution is 7.19. The van der Waals surface area contributed by atoms with Gasteiger partial charge < -0.3 is 4.57 Å². The molecule has 0 aliphatic carbocycles. The van der Waals surface area contributed by atoms with Crippen LogP contribution >= 0.6 is 11.3 Å². The number of aryl methyl sites for hydroxylation is 1. The molecule has 1 aromatic carbocycles. The molecule has 0 saturated carbocycles. The van der Waals surface area contributed by atoms with E-state index in [1.807, 2.05) is 31.4 Å². The van der Waals surface area contributed by atoms with E-state index in [1.165, 1.54) is 4.88 Å². The van der Waals surface area contributed by atoms with Crippen molar-refractivity contribution in [2.24, 2.45) is 18.9 Å². The monoisotopic (exact) mass is 422 g/mol. The number of hydrogen-bond acceptors (Lipinski definition) is 4. The van der Waals surface area contributed by atoms with Crippen molar-refractivity contribution in [3.05, 3.63) is 57.8 Å². The van der Waals surface area contributed by atoms with E-state index in [0.29, 0.717) is 11.7 Å². The first-order valence-corrected chi connectivity index (χ1v) is 11.7. The van der Waals surface area contributed by atoms with Crippen LogP contribution in [0.15, 0.2) is 47.4 Å². The van der Waals surface area contributed by atoms with Crippen LogP contribution in [0.3, 0.4) is 0 Å². The lowest BCUT2D eigenvalue weighted by Crippen LogP contribution is -2.32. The van der Waals surface area contributed by atoms with E-state index in [9.17, 15) is 9.59 Å². The van der Waals surface area contributed by atoms with E-state index >= 15 is 0 Å². The third-order valence-corrected chi connectivity index (χ3v) is 7.62. The minimum Gasteiger partial charge on any atom is -0.317 e. The first kappa shape index (κ1) is 21.0. The van der Waals surface area contributed by atoms with E-state index in [1.54, 1.807) is 22.8 Å². The van der Waals surface area contributed by atoms with Crippen molar-refractivity contribution >= 4 is 27.2 Å². The predicted octanol–water partition coefficient (Wildman–Crippen LogP) is 5.09. The topological polar surface area (TPSA) is 42.3 Å². The molecule has 0 amide bonds. The second-order valence-corrected chi connectivity index (χ2v) is 9.82. The van der Waals surface area contributed by atoms with Crippen molar-refractivity contribution in [1.82, 2.24) is 9.47 Å². The average molecular weight is 423 g/mol. The molecule has 0 N–H and O–H groups in total. The second-order valence-electron chi connectivity index (χ2n) is 8.68. The van der Waals surface area contributed by atoms with Gasteiger partial charge in [-0.2, -0.15) is 0 Å². The van der Waals surface area contributed by atoms with Gasteiger partial charge in [0.05, 0.1) is 5.39 Å². The first-order chi connectivity index (χ1) is 14.4. The summed E-state index contributed by atoms with van der Waals surface area (Å²) in [4.78, 5) is 28.4. The van der Waals surface area contributed by atoms with Gasteiger partial charge in [-0.3, -0.25) is 14.5 Å². The lowest BCUT2D eigenvalue weighted by molar-refractivity contribution is -0.122. The number of pyridine rings is 1. The number of thiophene rings is 1. The number of carbonyl (C=O) groups excluding carboxylic acids is 1. The standard InChI is InChI=1S/C25H30N2O2S/c1-17-11-13-27(12-7-10-21(17)18(2)28)15-20-14-22-24(30-20)23(16-26(3)25(22)29)19-8-5-4-6-9-19/h4-6,8-9,14,16-17,21H,7,10-13,15H2,1-3H3. The van der Waals surface area contributed by atoms with Crippen LogP contribution in [0.2, 0.25) is 0 Å². The van der Waals surface area contributed by atoms with E-state index in [-0.39, 0.29) is 11.5 Å². The summed E-state index contributed by atoms with van der Waals surface area (Å²) in [5.41, 5.74) is 2.33. The molecule has 4 nitrogen and oxygen atoms in total. The molecule has 3 aromatic rings. The van der Waals surface area contributed by atoms with Gasteiger partial charge in [-0.1, -0.05) is 37.3 Å². The number of ketones is 1. The van der Waals surface area contributed by atoms with Gasteiger partial charge in [0, 0.05) is 40.8 Å². The molecule has 3 heterocycles. The fourth-order valence-corrected chi connectivity index (χ4v) is 5.93. The van der Waals surface area contributed by atoms with Gasteiger partial charge in [-0.05, 0) is 56.8 Å². The van der Waals surface area contributed by atoms with E-state index < -0.39 is 0 Å². The molecule has 1 aliphatic rings. The fraction of sp³-hybridized carbons (Fsp3) is 0.440. The Kier molecular flexibility index (Phi) is 6.21. The smallest absolute Gasteiger partial charge is 0.259 e. The molecular formula is C25H30N2O2S. The van der Waals surface area contributed by atoms with Crippen LogP contribution in [0.25, 0.3) is 21.2 Å². The summed E-state index contributed by atoms with van der Waals surface area (Å²) in [5, 5.41) is 0.816. The zero-order valence-corrected chi connectivity index (χ0v) is 18.9. The number of hydrogen-bond donors (Lipinski definition) is 0. The molecule has 0 radical (unpaired) electrons. The lowest BCUT2D eigenvalue weighted by atomic mass is 9.83. The maximum Gasteiger partial charge on any atom is 0.259 e. The Bertz CT molecular complexity index is 1100. The van der Waals surface area contributed by atoms with Crippen LogP contribution in [-0.4, -0.2) is 28.3 Å². The van der Waals surface area contributed by atoms with Crippen molar-refractivity contribution in [3.8, 4) is 11.1 Å².